The summed E-state index contributed by atoms with van der Waals surface area (Å²) >= 11 is 4.16. The van der Waals surface area contributed by atoms with Crippen molar-refractivity contribution in [2.75, 3.05) is 19.8 Å². The van der Waals surface area contributed by atoms with Gasteiger partial charge in [0.1, 0.15) is 0 Å². The fourth-order valence-electron chi connectivity index (χ4n) is 1.11. The summed E-state index contributed by atoms with van der Waals surface area (Å²) in [4.78, 5) is 11.3. The summed E-state index contributed by atoms with van der Waals surface area (Å²) in [5.74, 6) is -0.198. The first-order chi connectivity index (χ1) is 7.22. The van der Waals surface area contributed by atoms with E-state index in [0.29, 0.717) is 6.61 Å². The molecule has 0 aromatic heterocycles. The summed E-state index contributed by atoms with van der Waals surface area (Å²) in [5.41, 5.74) is 0. The highest BCUT2D eigenvalue weighted by molar-refractivity contribution is 7.81. The molecule has 0 N–H and O–H groups in total. The fraction of sp³-hybridized carbons (Fsp3) is 0.909. The number of rotatable bonds is 9. The molecule has 0 radical (unpaired) electrons. The van der Waals surface area contributed by atoms with E-state index in [1.54, 1.807) is 0 Å². The first-order valence-electron chi connectivity index (χ1n) is 5.64. The second-order valence-corrected chi connectivity index (χ2v) is 4.00. The Morgan fingerprint density at radius 3 is 2.53 bits per heavy atom. The normalized spacial score (nSPS) is 12.5. The van der Waals surface area contributed by atoms with Gasteiger partial charge in [-0.3, -0.25) is 4.79 Å². The van der Waals surface area contributed by atoms with Gasteiger partial charge < -0.3 is 9.47 Å². The van der Waals surface area contributed by atoms with Crippen molar-refractivity contribution in [3.05, 3.63) is 0 Å². The first-order valence-corrected chi connectivity index (χ1v) is 6.16. The Hall–Kier alpha value is -0.220. The van der Waals surface area contributed by atoms with Gasteiger partial charge in [0.05, 0.1) is 11.9 Å². The van der Waals surface area contributed by atoms with E-state index < -0.39 is 0 Å². The summed E-state index contributed by atoms with van der Waals surface area (Å²) in [6.45, 7) is 5.96. The highest BCUT2D eigenvalue weighted by Crippen LogP contribution is 2.06. The molecular formula is C11H22O3S. The van der Waals surface area contributed by atoms with Gasteiger partial charge in [0, 0.05) is 13.2 Å². The predicted molar refractivity (Wildman–Crippen MR) is 64.4 cm³/mol. The Balaban J connectivity index is 3.30. The Bertz CT molecular complexity index is 162. The van der Waals surface area contributed by atoms with Gasteiger partial charge in [0.15, 0.2) is 0 Å². The van der Waals surface area contributed by atoms with Gasteiger partial charge in [-0.25, -0.2) is 0 Å². The number of esters is 1. The predicted octanol–water partition coefficient (Wildman–Crippen LogP) is 2.44. The second kappa shape index (κ2) is 10.3. The van der Waals surface area contributed by atoms with Crippen molar-refractivity contribution in [2.45, 2.75) is 44.8 Å². The molecule has 0 saturated carbocycles. The number of hydrogen-bond acceptors (Lipinski definition) is 4. The molecule has 1 atom stereocenters. The standard InChI is InChI=1S/C11H22O3S/c1-3-7-10(15)11(12)14-9-6-5-8-13-4-2/h10,15H,3-9H2,1-2H3. The van der Waals surface area contributed by atoms with Crippen LogP contribution in [0.2, 0.25) is 0 Å². The van der Waals surface area contributed by atoms with Crippen LogP contribution in [0.25, 0.3) is 0 Å². The molecule has 4 heteroatoms. The van der Waals surface area contributed by atoms with E-state index in [4.69, 9.17) is 9.47 Å². The molecule has 15 heavy (non-hydrogen) atoms. The summed E-state index contributed by atoms with van der Waals surface area (Å²) in [6, 6.07) is 0. The number of thiol groups is 1. The quantitative estimate of drug-likeness (QED) is 0.378. The maximum absolute atomic E-state index is 11.3. The van der Waals surface area contributed by atoms with Crippen LogP contribution in [0.15, 0.2) is 0 Å². The topological polar surface area (TPSA) is 35.5 Å². The third-order valence-electron chi connectivity index (χ3n) is 1.97. The zero-order chi connectivity index (χ0) is 11.5. The highest BCUT2D eigenvalue weighted by atomic mass is 32.1. The minimum Gasteiger partial charge on any atom is -0.465 e. The maximum atomic E-state index is 11.3. The maximum Gasteiger partial charge on any atom is 0.318 e. The molecule has 0 aliphatic carbocycles. The number of hydrogen-bond donors (Lipinski definition) is 1. The smallest absolute Gasteiger partial charge is 0.318 e. The van der Waals surface area contributed by atoms with Gasteiger partial charge >= 0.3 is 5.97 Å². The van der Waals surface area contributed by atoms with Crippen LogP contribution < -0.4 is 0 Å². The van der Waals surface area contributed by atoms with Gasteiger partial charge in [0.2, 0.25) is 0 Å². The molecular weight excluding hydrogens is 212 g/mol. The molecule has 0 bridgehead atoms. The monoisotopic (exact) mass is 234 g/mol. The minimum absolute atomic E-state index is 0.198. The van der Waals surface area contributed by atoms with Crippen LogP contribution in [-0.4, -0.2) is 31.0 Å². The molecule has 0 rings (SSSR count). The van der Waals surface area contributed by atoms with Crippen molar-refractivity contribution >= 4 is 18.6 Å². The van der Waals surface area contributed by atoms with Crippen molar-refractivity contribution < 1.29 is 14.3 Å². The molecule has 0 aromatic carbocycles. The average molecular weight is 234 g/mol. The van der Waals surface area contributed by atoms with Gasteiger partial charge in [-0.2, -0.15) is 12.6 Å². The number of unbranched alkanes of at least 4 members (excludes halogenated alkanes) is 1. The summed E-state index contributed by atoms with van der Waals surface area (Å²) in [5, 5.41) is -0.262. The Labute approximate surface area is 97.9 Å². The SMILES string of the molecule is CCCC(S)C(=O)OCCCCOCC. The summed E-state index contributed by atoms with van der Waals surface area (Å²) < 4.78 is 10.2. The average Bonchev–Trinajstić information content (AvgIpc) is 2.23. The number of ether oxygens (including phenoxy) is 2. The van der Waals surface area contributed by atoms with Gasteiger partial charge in [0.25, 0.3) is 0 Å². The van der Waals surface area contributed by atoms with Crippen molar-refractivity contribution in [1.29, 1.82) is 0 Å². The lowest BCUT2D eigenvalue weighted by Gasteiger charge is -2.09. The molecule has 0 fully saturated rings. The lowest BCUT2D eigenvalue weighted by atomic mass is 10.2. The van der Waals surface area contributed by atoms with Crippen LogP contribution in [0.3, 0.4) is 0 Å². The van der Waals surface area contributed by atoms with Crippen molar-refractivity contribution in [2.24, 2.45) is 0 Å². The Kier molecular flexibility index (Phi) is 10.2. The summed E-state index contributed by atoms with van der Waals surface area (Å²) in [6.07, 6.45) is 3.53. The zero-order valence-corrected chi connectivity index (χ0v) is 10.6. The van der Waals surface area contributed by atoms with Crippen molar-refractivity contribution in [1.82, 2.24) is 0 Å². The van der Waals surface area contributed by atoms with Crippen LogP contribution in [0.5, 0.6) is 0 Å². The van der Waals surface area contributed by atoms with E-state index >= 15 is 0 Å². The van der Waals surface area contributed by atoms with Crippen LogP contribution in [0.1, 0.15) is 39.5 Å². The van der Waals surface area contributed by atoms with Crippen LogP contribution in [0, 0.1) is 0 Å². The lowest BCUT2D eigenvalue weighted by Crippen LogP contribution is -2.18. The molecule has 0 heterocycles. The molecule has 0 aliphatic heterocycles. The first kappa shape index (κ1) is 14.8. The van der Waals surface area contributed by atoms with Crippen molar-refractivity contribution in [3.8, 4) is 0 Å². The van der Waals surface area contributed by atoms with Crippen LogP contribution >= 0.6 is 12.6 Å². The zero-order valence-electron chi connectivity index (χ0n) is 9.70. The van der Waals surface area contributed by atoms with E-state index in [1.807, 2.05) is 13.8 Å². The number of carbonyl (C=O) groups is 1. The summed E-state index contributed by atoms with van der Waals surface area (Å²) in [7, 11) is 0. The van der Waals surface area contributed by atoms with Crippen molar-refractivity contribution in [3.63, 3.8) is 0 Å². The third-order valence-corrected chi connectivity index (χ3v) is 2.43. The van der Waals surface area contributed by atoms with E-state index in [9.17, 15) is 4.79 Å². The van der Waals surface area contributed by atoms with Crippen LogP contribution in [-0.2, 0) is 14.3 Å². The minimum atomic E-state index is -0.262. The molecule has 0 aliphatic rings. The molecule has 0 aromatic rings. The molecule has 90 valence electrons. The third kappa shape index (κ3) is 8.75. The second-order valence-electron chi connectivity index (χ2n) is 3.38. The Morgan fingerprint density at radius 2 is 1.93 bits per heavy atom. The molecule has 0 saturated heterocycles. The largest absolute Gasteiger partial charge is 0.465 e. The van der Waals surface area contributed by atoms with E-state index in [-0.39, 0.29) is 11.2 Å². The van der Waals surface area contributed by atoms with E-state index in [1.165, 1.54) is 0 Å². The van der Waals surface area contributed by atoms with Gasteiger partial charge in [-0.05, 0) is 26.2 Å². The molecule has 0 amide bonds. The van der Waals surface area contributed by atoms with Gasteiger partial charge in [-0.15, -0.1) is 0 Å². The van der Waals surface area contributed by atoms with Gasteiger partial charge in [-0.1, -0.05) is 13.3 Å². The molecule has 3 nitrogen and oxygen atoms in total. The van der Waals surface area contributed by atoms with Crippen LogP contribution in [0.4, 0.5) is 0 Å². The fourth-order valence-corrected chi connectivity index (χ4v) is 1.44. The molecule has 0 spiro atoms. The van der Waals surface area contributed by atoms with E-state index in [0.717, 1.165) is 38.9 Å². The lowest BCUT2D eigenvalue weighted by molar-refractivity contribution is -0.143. The molecule has 1 unspecified atom stereocenters. The Morgan fingerprint density at radius 1 is 1.27 bits per heavy atom. The highest BCUT2D eigenvalue weighted by Gasteiger charge is 2.13. The van der Waals surface area contributed by atoms with E-state index in [2.05, 4.69) is 12.6 Å². The number of carbonyl (C=O) groups excluding carboxylic acids is 1.